The molecule has 0 aliphatic carbocycles. The van der Waals surface area contributed by atoms with Crippen LogP contribution in [-0.4, -0.2) is 41.6 Å². The monoisotopic (exact) mass is 282 g/mol. The van der Waals surface area contributed by atoms with Crippen molar-refractivity contribution in [1.29, 1.82) is 0 Å². The van der Waals surface area contributed by atoms with Gasteiger partial charge in [0.1, 0.15) is 6.54 Å². The number of likely N-dealkylation sites (tertiary alicyclic amines) is 1. The summed E-state index contributed by atoms with van der Waals surface area (Å²) in [6.45, 7) is 0.867. The van der Waals surface area contributed by atoms with E-state index in [0.29, 0.717) is 18.1 Å². The topological polar surface area (TPSA) is 69.6 Å². The predicted octanol–water partition coefficient (Wildman–Crippen LogP) is 1.92. The zero-order chi connectivity index (χ0) is 13.8. The molecule has 0 radical (unpaired) electrons. The molecule has 1 aromatic rings. The SMILES string of the molecule is O=C(O)CNC(=O)N1CCC(c2cccc(Cl)c2)C1. The molecule has 19 heavy (non-hydrogen) atoms. The molecule has 5 nitrogen and oxygen atoms in total. The molecule has 1 aliphatic heterocycles. The smallest absolute Gasteiger partial charge is 0.323 e. The van der Waals surface area contributed by atoms with E-state index in [9.17, 15) is 9.59 Å². The molecule has 1 unspecified atom stereocenters. The van der Waals surface area contributed by atoms with Crippen LogP contribution in [0, 0.1) is 0 Å². The Morgan fingerprint density at radius 3 is 2.95 bits per heavy atom. The number of hydrogen-bond donors (Lipinski definition) is 2. The maximum Gasteiger partial charge on any atom is 0.323 e. The van der Waals surface area contributed by atoms with Gasteiger partial charge in [-0.25, -0.2) is 4.79 Å². The van der Waals surface area contributed by atoms with E-state index in [1.165, 1.54) is 0 Å². The highest BCUT2D eigenvalue weighted by Gasteiger charge is 2.27. The summed E-state index contributed by atoms with van der Waals surface area (Å²) in [6.07, 6.45) is 0.862. The molecule has 2 amide bonds. The summed E-state index contributed by atoms with van der Waals surface area (Å²) in [5.74, 6) is -0.784. The summed E-state index contributed by atoms with van der Waals surface area (Å²) < 4.78 is 0. The van der Waals surface area contributed by atoms with Crippen LogP contribution in [0.3, 0.4) is 0 Å². The highest BCUT2D eigenvalue weighted by atomic mass is 35.5. The van der Waals surface area contributed by atoms with Crippen LogP contribution in [0.2, 0.25) is 5.02 Å². The Bertz CT molecular complexity index is 493. The second kappa shape index (κ2) is 5.93. The standard InChI is InChI=1S/C13H15ClN2O3/c14-11-3-1-2-9(6-11)10-4-5-16(8-10)13(19)15-7-12(17)18/h1-3,6,10H,4-5,7-8H2,(H,15,19)(H,17,18). The first-order valence-corrected chi connectivity index (χ1v) is 6.44. The molecule has 1 aliphatic rings. The van der Waals surface area contributed by atoms with Crippen molar-refractivity contribution in [2.75, 3.05) is 19.6 Å². The number of carbonyl (C=O) groups excluding carboxylic acids is 1. The third-order valence-electron chi connectivity index (χ3n) is 3.19. The van der Waals surface area contributed by atoms with Crippen molar-refractivity contribution in [3.63, 3.8) is 0 Å². The third kappa shape index (κ3) is 3.61. The third-order valence-corrected chi connectivity index (χ3v) is 3.42. The summed E-state index contributed by atoms with van der Waals surface area (Å²) in [7, 11) is 0. The molecule has 1 atom stereocenters. The Morgan fingerprint density at radius 1 is 1.47 bits per heavy atom. The number of halogens is 1. The largest absolute Gasteiger partial charge is 0.480 e. The van der Waals surface area contributed by atoms with E-state index < -0.39 is 5.97 Å². The summed E-state index contributed by atoms with van der Waals surface area (Å²) >= 11 is 5.95. The van der Waals surface area contributed by atoms with Crippen LogP contribution in [0.5, 0.6) is 0 Å². The minimum atomic E-state index is -1.04. The van der Waals surface area contributed by atoms with Gasteiger partial charge in [0.15, 0.2) is 0 Å². The molecule has 0 spiro atoms. The average molecular weight is 283 g/mol. The number of rotatable bonds is 3. The first kappa shape index (κ1) is 13.7. The van der Waals surface area contributed by atoms with Gasteiger partial charge in [0.2, 0.25) is 0 Å². The predicted molar refractivity (Wildman–Crippen MR) is 71.4 cm³/mol. The van der Waals surface area contributed by atoms with Crippen molar-refractivity contribution < 1.29 is 14.7 Å². The summed E-state index contributed by atoms with van der Waals surface area (Å²) in [5, 5.41) is 11.6. The second-order valence-electron chi connectivity index (χ2n) is 4.54. The molecule has 6 heteroatoms. The number of amides is 2. The minimum absolute atomic E-state index is 0.259. The maximum atomic E-state index is 11.7. The van der Waals surface area contributed by atoms with E-state index in [1.807, 2.05) is 24.3 Å². The highest BCUT2D eigenvalue weighted by Crippen LogP contribution is 2.28. The quantitative estimate of drug-likeness (QED) is 0.890. The Kier molecular flexibility index (Phi) is 4.27. The second-order valence-corrected chi connectivity index (χ2v) is 4.98. The van der Waals surface area contributed by atoms with Gasteiger partial charge in [-0.15, -0.1) is 0 Å². The van der Waals surface area contributed by atoms with Crippen LogP contribution in [0.25, 0.3) is 0 Å². The van der Waals surface area contributed by atoms with Crippen molar-refractivity contribution >= 4 is 23.6 Å². The van der Waals surface area contributed by atoms with Gasteiger partial charge in [0.05, 0.1) is 0 Å². The van der Waals surface area contributed by atoms with Gasteiger partial charge in [0.25, 0.3) is 0 Å². The van der Waals surface area contributed by atoms with Crippen LogP contribution in [0.1, 0.15) is 17.9 Å². The maximum absolute atomic E-state index is 11.7. The number of nitrogens with one attached hydrogen (secondary N) is 1. The Hall–Kier alpha value is -1.75. The number of nitrogens with zero attached hydrogens (tertiary/aromatic N) is 1. The van der Waals surface area contributed by atoms with Crippen LogP contribution in [0.15, 0.2) is 24.3 Å². The molecule has 2 rings (SSSR count). The van der Waals surface area contributed by atoms with Crippen LogP contribution >= 0.6 is 11.6 Å². The molecular formula is C13H15ClN2O3. The first-order chi connectivity index (χ1) is 9.06. The van der Waals surface area contributed by atoms with E-state index in [0.717, 1.165) is 12.0 Å². The normalized spacial score (nSPS) is 18.4. The van der Waals surface area contributed by atoms with Crippen LogP contribution < -0.4 is 5.32 Å². The zero-order valence-electron chi connectivity index (χ0n) is 10.3. The molecule has 0 saturated carbocycles. The molecule has 1 fully saturated rings. The summed E-state index contributed by atoms with van der Waals surface area (Å²) in [6, 6.07) is 7.29. The number of carboxylic acid groups (broad SMARTS) is 1. The molecule has 1 heterocycles. The van der Waals surface area contributed by atoms with E-state index >= 15 is 0 Å². The van der Waals surface area contributed by atoms with Gasteiger partial charge in [-0.05, 0) is 24.1 Å². The molecule has 1 saturated heterocycles. The molecular weight excluding hydrogens is 268 g/mol. The van der Waals surface area contributed by atoms with Gasteiger partial charge in [0, 0.05) is 24.0 Å². The van der Waals surface area contributed by atoms with Crippen molar-refractivity contribution in [2.24, 2.45) is 0 Å². The minimum Gasteiger partial charge on any atom is -0.480 e. The van der Waals surface area contributed by atoms with Gasteiger partial charge in [-0.2, -0.15) is 0 Å². The highest BCUT2D eigenvalue weighted by molar-refractivity contribution is 6.30. The van der Waals surface area contributed by atoms with E-state index in [2.05, 4.69) is 5.32 Å². The lowest BCUT2D eigenvalue weighted by atomic mass is 9.99. The fourth-order valence-corrected chi connectivity index (χ4v) is 2.44. The molecule has 2 N–H and O–H groups in total. The van der Waals surface area contributed by atoms with Crippen LogP contribution in [0.4, 0.5) is 4.79 Å². The van der Waals surface area contributed by atoms with Crippen molar-refractivity contribution in [3.05, 3.63) is 34.9 Å². The Labute approximate surface area is 116 Å². The van der Waals surface area contributed by atoms with Crippen molar-refractivity contribution in [1.82, 2.24) is 10.2 Å². The summed E-state index contributed by atoms with van der Waals surface area (Å²) in [4.78, 5) is 23.7. The number of benzene rings is 1. The average Bonchev–Trinajstić information content (AvgIpc) is 2.85. The summed E-state index contributed by atoms with van der Waals surface area (Å²) in [5.41, 5.74) is 1.11. The van der Waals surface area contributed by atoms with Crippen LogP contribution in [-0.2, 0) is 4.79 Å². The fourth-order valence-electron chi connectivity index (χ4n) is 2.24. The zero-order valence-corrected chi connectivity index (χ0v) is 11.1. The van der Waals surface area contributed by atoms with Crippen molar-refractivity contribution in [2.45, 2.75) is 12.3 Å². The molecule has 1 aromatic carbocycles. The Morgan fingerprint density at radius 2 is 2.26 bits per heavy atom. The number of urea groups is 1. The van der Waals surface area contributed by atoms with E-state index in [-0.39, 0.29) is 18.5 Å². The van der Waals surface area contributed by atoms with Gasteiger partial charge in [-0.1, -0.05) is 23.7 Å². The van der Waals surface area contributed by atoms with Gasteiger partial charge in [-0.3, -0.25) is 4.79 Å². The number of carbonyl (C=O) groups is 2. The lowest BCUT2D eigenvalue weighted by Crippen LogP contribution is -2.40. The fraction of sp³-hybridized carbons (Fsp3) is 0.385. The molecule has 102 valence electrons. The Balaban J connectivity index is 1.92. The number of carboxylic acids is 1. The van der Waals surface area contributed by atoms with Gasteiger partial charge >= 0.3 is 12.0 Å². The lowest BCUT2D eigenvalue weighted by Gasteiger charge is -2.16. The van der Waals surface area contributed by atoms with E-state index in [4.69, 9.17) is 16.7 Å². The van der Waals surface area contributed by atoms with Gasteiger partial charge < -0.3 is 15.3 Å². The lowest BCUT2D eigenvalue weighted by molar-refractivity contribution is -0.135. The molecule has 0 aromatic heterocycles. The number of aliphatic carboxylic acids is 1. The van der Waals surface area contributed by atoms with E-state index in [1.54, 1.807) is 4.90 Å². The number of hydrogen-bond acceptors (Lipinski definition) is 2. The van der Waals surface area contributed by atoms with Crippen molar-refractivity contribution in [3.8, 4) is 0 Å². The molecule has 0 bridgehead atoms. The first-order valence-electron chi connectivity index (χ1n) is 6.06.